The lowest BCUT2D eigenvalue weighted by Gasteiger charge is -2.29. The molecule has 1 N–H and O–H groups in total. The fourth-order valence-corrected chi connectivity index (χ4v) is 3.22. The maximum absolute atomic E-state index is 6.41. The molecule has 3 rings (SSSR count). The van der Waals surface area contributed by atoms with Gasteiger partial charge in [-0.05, 0) is 38.4 Å². The van der Waals surface area contributed by atoms with E-state index in [4.69, 9.17) is 4.74 Å². The van der Waals surface area contributed by atoms with Crippen LogP contribution in [0.1, 0.15) is 32.3 Å². The predicted molar refractivity (Wildman–Crippen MR) is 79.0 cm³/mol. The fraction of sp³-hybridized carbons (Fsp3) is 0.625. The van der Waals surface area contributed by atoms with Crippen LogP contribution in [0, 0.1) is 0 Å². The van der Waals surface area contributed by atoms with Crippen molar-refractivity contribution in [2.75, 3.05) is 31.5 Å². The van der Waals surface area contributed by atoms with Crippen molar-refractivity contribution in [2.45, 2.75) is 38.7 Å². The number of fused-ring (bicyclic) bond motifs is 1. The summed E-state index contributed by atoms with van der Waals surface area (Å²) in [5.74, 6) is 1.09. The molecule has 0 saturated carbocycles. The molecule has 104 valence electrons. The maximum Gasteiger partial charge on any atom is 0.125 e. The van der Waals surface area contributed by atoms with E-state index < -0.39 is 0 Å². The predicted octanol–water partition coefficient (Wildman–Crippen LogP) is 2.91. The van der Waals surface area contributed by atoms with E-state index in [1.54, 1.807) is 0 Å². The number of hydrogen-bond acceptors (Lipinski definition) is 3. The van der Waals surface area contributed by atoms with Crippen molar-refractivity contribution in [3.8, 4) is 5.75 Å². The number of ether oxygens (including phenoxy) is 1. The highest BCUT2D eigenvalue weighted by atomic mass is 16.5. The Morgan fingerprint density at radius 1 is 1.42 bits per heavy atom. The van der Waals surface area contributed by atoms with E-state index in [1.807, 2.05) is 0 Å². The average molecular weight is 260 g/mol. The lowest BCUT2D eigenvalue weighted by atomic mass is 10.0. The molecule has 1 atom stereocenters. The van der Waals surface area contributed by atoms with Gasteiger partial charge in [-0.3, -0.25) is 4.90 Å². The highest BCUT2D eigenvalue weighted by molar-refractivity contribution is 5.59. The third-order valence-electron chi connectivity index (χ3n) is 4.37. The highest BCUT2D eigenvalue weighted by Gasteiger charge is 2.35. The lowest BCUT2D eigenvalue weighted by Crippen LogP contribution is -2.36. The first-order valence-corrected chi connectivity index (χ1v) is 7.47. The molecule has 19 heavy (non-hydrogen) atoms. The minimum absolute atomic E-state index is 0.0252. The molecule has 1 aromatic rings. The second-order valence-electron chi connectivity index (χ2n) is 5.98. The Morgan fingerprint density at radius 3 is 3.11 bits per heavy atom. The van der Waals surface area contributed by atoms with Gasteiger partial charge in [0.15, 0.2) is 0 Å². The van der Waals surface area contributed by atoms with Gasteiger partial charge < -0.3 is 10.1 Å². The molecule has 2 aliphatic heterocycles. The SMILES string of the molecule is CCN1CCC(C)(Oc2cccc3c2CCCN3)C1. The second kappa shape index (κ2) is 5.04. The topological polar surface area (TPSA) is 24.5 Å². The number of likely N-dealkylation sites (tertiary alicyclic amines) is 1. The van der Waals surface area contributed by atoms with Crippen molar-refractivity contribution in [3.05, 3.63) is 23.8 Å². The molecule has 3 heteroatoms. The molecule has 0 bridgehead atoms. The van der Waals surface area contributed by atoms with Crippen LogP contribution in [-0.4, -0.2) is 36.7 Å². The van der Waals surface area contributed by atoms with Crippen LogP contribution < -0.4 is 10.1 Å². The number of benzene rings is 1. The van der Waals surface area contributed by atoms with Crippen LogP contribution >= 0.6 is 0 Å². The van der Waals surface area contributed by atoms with Crippen molar-refractivity contribution in [1.29, 1.82) is 0 Å². The number of likely N-dealkylation sites (N-methyl/N-ethyl adjacent to an activating group) is 1. The van der Waals surface area contributed by atoms with Crippen molar-refractivity contribution in [3.63, 3.8) is 0 Å². The number of hydrogen-bond donors (Lipinski definition) is 1. The van der Waals surface area contributed by atoms with E-state index in [9.17, 15) is 0 Å². The fourth-order valence-electron chi connectivity index (χ4n) is 3.22. The molecule has 1 aromatic carbocycles. The van der Waals surface area contributed by atoms with Gasteiger partial charge in [0.25, 0.3) is 0 Å². The first-order chi connectivity index (χ1) is 9.20. The minimum atomic E-state index is -0.0252. The zero-order valence-corrected chi connectivity index (χ0v) is 12.0. The van der Waals surface area contributed by atoms with E-state index in [-0.39, 0.29) is 5.60 Å². The van der Waals surface area contributed by atoms with E-state index >= 15 is 0 Å². The molecule has 2 aliphatic rings. The van der Waals surface area contributed by atoms with Crippen molar-refractivity contribution in [2.24, 2.45) is 0 Å². The summed E-state index contributed by atoms with van der Waals surface area (Å²) in [6, 6.07) is 6.39. The Hall–Kier alpha value is -1.22. The monoisotopic (exact) mass is 260 g/mol. The summed E-state index contributed by atoms with van der Waals surface area (Å²) in [6.45, 7) is 8.87. The molecule has 0 amide bonds. The van der Waals surface area contributed by atoms with Crippen LogP contribution in [0.25, 0.3) is 0 Å². The summed E-state index contributed by atoms with van der Waals surface area (Å²) in [7, 11) is 0. The first kappa shape index (κ1) is 12.8. The summed E-state index contributed by atoms with van der Waals surface area (Å²) in [5, 5.41) is 3.47. The molecule has 0 radical (unpaired) electrons. The Morgan fingerprint density at radius 2 is 2.32 bits per heavy atom. The third-order valence-corrected chi connectivity index (χ3v) is 4.37. The Labute approximate surface area is 115 Å². The molecule has 1 saturated heterocycles. The van der Waals surface area contributed by atoms with Crippen LogP contribution in [-0.2, 0) is 6.42 Å². The number of nitrogens with one attached hydrogen (secondary N) is 1. The van der Waals surface area contributed by atoms with Gasteiger partial charge in [0.2, 0.25) is 0 Å². The van der Waals surface area contributed by atoms with Crippen LogP contribution in [0.15, 0.2) is 18.2 Å². The molecule has 0 spiro atoms. The molecular formula is C16H24N2O. The standard InChI is InChI=1S/C16H24N2O/c1-3-18-11-9-16(2,12-18)19-15-8-4-7-14-13(15)6-5-10-17-14/h4,7-8,17H,3,5-6,9-12H2,1-2H3. The molecule has 0 aromatic heterocycles. The van der Waals surface area contributed by atoms with E-state index in [2.05, 4.69) is 42.3 Å². The van der Waals surface area contributed by atoms with Crippen LogP contribution in [0.3, 0.4) is 0 Å². The summed E-state index contributed by atoms with van der Waals surface area (Å²) in [5.41, 5.74) is 2.60. The normalized spacial score (nSPS) is 26.8. The second-order valence-corrected chi connectivity index (χ2v) is 5.98. The van der Waals surface area contributed by atoms with E-state index in [0.717, 1.165) is 44.8 Å². The largest absolute Gasteiger partial charge is 0.486 e. The van der Waals surface area contributed by atoms with E-state index in [0.29, 0.717) is 0 Å². The van der Waals surface area contributed by atoms with Crippen LogP contribution in [0.2, 0.25) is 0 Å². The number of anilines is 1. The Bertz CT molecular complexity index is 460. The summed E-state index contributed by atoms with van der Waals surface area (Å²) in [6.07, 6.45) is 3.45. The number of nitrogens with zero attached hydrogens (tertiary/aromatic N) is 1. The van der Waals surface area contributed by atoms with Crippen molar-refractivity contribution in [1.82, 2.24) is 4.90 Å². The van der Waals surface area contributed by atoms with Gasteiger partial charge in [0.05, 0.1) is 0 Å². The lowest BCUT2D eigenvalue weighted by molar-refractivity contribution is 0.0957. The van der Waals surface area contributed by atoms with Gasteiger partial charge in [-0.2, -0.15) is 0 Å². The van der Waals surface area contributed by atoms with Gasteiger partial charge in [0, 0.05) is 37.3 Å². The van der Waals surface area contributed by atoms with Crippen molar-refractivity contribution >= 4 is 5.69 Å². The molecule has 0 aliphatic carbocycles. The quantitative estimate of drug-likeness (QED) is 0.904. The molecule has 2 heterocycles. The summed E-state index contributed by atoms with van der Waals surface area (Å²) < 4.78 is 6.41. The molecule has 1 unspecified atom stereocenters. The van der Waals surface area contributed by atoms with Gasteiger partial charge in [-0.1, -0.05) is 13.0 Å². The maximum atomic E-state index is 6.41. The first-order valence-electron chi connectivity index (χ1n) is 7.47. The van der Waals surface area contributed by atoms with Gasteiger partial charge in [-0.15, -0.1) is 0 Å². The van der Waals surface area contributed by atoms with Crippen LogP contribution in [0.5, 0.6) is 5.75 Å². The highest BCUT2D eigenvalue weighted by Crippen LogP contribution is 2.35. The summed E-state index contributed by atoms with van der Waals surface area (Å²) >= 11 is 0. The van der Waals surface area contributed by atoms with E-state index in [1.165, 1.54) is 17.7 Å². The Balaban J connectivity index is 1.80. The van der Waals surface area contributed by atoms with Gasteiger partial charge in [0.1, 0.15) is 11.4 Å². The third kappa shape index (κ3) is 2.57. The van der Waals surface area contributed by atoms with Crippen molar-refractivity contribution < 1.29 is 4.74 Å². The average Bonchev–Trinajstić information content (AvgIpc) is 2.81. The minimum Gasteiger partial charge on any atom is -0.486 e. The number of rotatable bonds is 3. The zero-order valence-electron chi connectivity index (χ0n) is 12.0. The zero-order chi connectivity index (χ0) is 13.3. The molecular weight excluding hydrogens is 236 g/mol. The van der Waals surface area contributed by atoms with Crippen LogP contribution in [0.4, 0.5) is 5.69 Å². The molecule has 3 nitrogen and oxygen atoms in total. The smallest absolute Gasteiger partial charge is 0.125 e. The summed E-state index contributed by atoms with van der Waals surface area (Å²) in [4.78, 5) is 2.47. The Kier molecular flexibility index (Phi) is 3.40. The molecule has 1 fully saturated rings. The van der Waals surface area contributed by atoms with Gasteiger partial charge >= 0.3 is 0 Å². The van der Waals surface area contributed by atoms with Gasteiger partial charge in [-0.25, -0.2) is 0 Å².